The maximum atomic E-state index is 12.8. The van der Waals surface area contributed by atoms with Crippen molar-refractivity contribution < 1.29 is 28.6 Å². The van der Waals surface area contributed by atoms with Crippen LogP contribution in [0.5, 0.6) is 0 Å². The molecule has 1 atom stereocenters. The van der Waals surface area contributed by atoms with E-state index in [9.17, 15) is 14.4 Å². The first-order chi connectivity index (χ1) is 31.5. The smallest absolute Gasteiger partial charge is 0.306 e. The lowest BCUT2D eigenvalue weighted by Crippen LogP contribution is -2.30. The van der Waals surface area contributed by atoms with Gasteiger partial charge in [-0.05, 0) is 77.0 Å². The predicted molar refractivity (Wildman–Crippen MR) is 275 cm³/mol. The lowest BCUT2D eigenvalue weighted by atomic mass is 10.1. The number of esters is 3. The SMILES string of the molecule is CC/C=C\C/C=C\C/C=C\CCCCCCCCCCCC(=O)OCC(COC(=O)CCCCCCCCCCCCC)OC(=O)CCCCC/C=C\C=C/CCCCCCCCC. The highest BCUT2D eigenvalue weighted by atomic mass is 16.6. The van der Waals surface area contributed by atoms with Gasteiger partial charge < -0.3 is 14.2 Å². The van der Waals surface area contributed by atoms with Crippen molar-refractivity contribution >= 4 is 17.9 Å². The molecule has 0 N–H and O–H groups in total. The van der Waals surface area contributed by atoms with Crippen molar-refractivity contribution in [2.24, 2.45) is 0 Å². The second kappa shape index (κ2) is 52.7. The van der Waals surface area contributed by atoms with E-state index in [0.29, 0.717) is 19.3 Å². The van der Waals surface area contributed by atoms with Crippen molar-refractivity contribution in [1.29, 1.82) is 0 Å². The molecule has 0 saturated carbocycles. The summed E-state index contributed by atoms with van der Waals surface area (Å²) in [7, 11) is 0. The Labute approximate surface area is 396 Å². The third-order valence-electron chi connectivity index (χ3n) is 11.8. The first-order valence-electron chi connectivity index (χ1n) is 27.3. The molecule has 0 spiro atoms. The van der Waals surface area contributed by atoms with E-state index in [1.54, 1.807) is 0 Å². The Hall–Kier alpha value is -2.89. The van der Waals surface area contributed by atoms with Crippen LogP contribution in [0.25, 0.3) is 0 Å². The van der Waals surface area contributed by atoms with Gasteiger partial charge >= 0.3 is 17.9 Å². The molecule has 1 unspecified atom stereocenters. The van der Waals surface area contributed by atoms with Crippen LogP contribution in [0.2, 0.25) is 0 Å². The summed E-state index contributed by atoms with van der Waals surface area (Å²) < 4.78 is 16.8. The number of hydrogen-bond donors (Lipinski definition) is 0. The zero-order valence-electron chi connectivity index (χ0n) is 42.3. The molecule has 6 heteroatoms. The minimum atomic E-state index is -0.787. The Balaban J connectivity index is 4.37. The average Bonchev–Trinajstić information content (AvgIpc) is 3.29. The largest absolute Gasteiger partial charge is 0.462 e. The van der Waals surface area contributed by atoms with E-state index in [1.807, 2.05) is 0 Å². The van der Waals surface area contributed by atoms with Crippen LogP contribution < -0.4 is 0 Å². The second-order valence-corrected chi connectivity index (χ2v) is 18.1. The van der Waals surface area contributed by atoms with Crippen LogP contribution in [0.1, 0.15) is 271 Å². The van der Waals surface area contributed by atoms with Crippen LogP contribution in [-0.4, -0.2) is 37.2 Å². The van der Waals surface area contributed by atoms with Gasteiger partial charge in [-0.2, -0.15) is 0 Å². The van der Waals surface area contributed by atoms with E-state index >= 15 is 0 Å². The van der Waals surface area contributed by atoms with E-state index in [2.05, 4.69) is 81.5 Å². The molecule has 0 amide bonds. The highest BCUT2D eigenvalue weighted by Crippen LogP contribution is 2.15. The third-order valence-corrected chi connectivity index (χ3v) is 11.8. The lowest BCUT2D eigenvalue weighted by Gasteiger charge is -2.18. The van der Waals surface area contributed by atoms with Crippen LogP contribution in [0.15, 0.2) is 60.8 Å². The Morgan fingerprint density at radius 3 is 1.06 bits per heavy atom. The van der Waals surface area contributed by atoms with Gasteiger partial charge in [-0.3, -0.25) is 14.4 Å². The molecule has 0 rings (SSSR count). The van der Waals surface area contributed by atoms with Gasteiger partial charge in [-0.1, -0.05) is 236 Å². The normalized spacial score (nSPS) is 12.5. The summed E-state index contributed by atoms with van der Waals surface area (Å²) in [5, 5.41) is 0. The van der Waals surface area contributed by atoms with Gasteiger partial charge in [0.05, 0.1) is 0 Å². The molecule has 0 heterocycles. The van der Waals surface area contributed by atoms with Crippen LogP contribution in [0.3, 0.4) is 0 Å². The second-order valence-electron chi connectivity index (χ2n) is 18.1. The van der Waals surface area contributed by atoms with Crippen molar-refractivity contribution in [2.45, 2.75) is 277 Å². The quantitative estimate of drug-likeness (QED) is 0.0199. The Kier molecular flexibility index (Phi) is 50.4. The Morgan fingerprint density at radius 1 is 0.344 bits per heavy atom. The third kappa shape index (κ3) is 50.1. The molecule has 0 aliphatic heterocycles. The standard InChI is InChI=1S/C58H102O6/c1-4-7-10-13-16-19-22-24-26-28-29-30-32-33-36-39-42-45-48-51-57(60)63-54-55(53-62-56(59)50-47-44-41-38-35-21-18-15-12-9-6-3)64-58(61)52-49-46-43-40-37-34-31-27-25-23-20-17-14-11-8-5-2/h7,10,16,19,24,26-27,31,34,37,55H,4-6,8-9,11-15,17-18,20-23,25,28-30,32-33,35-36,38-54H2,1-3H3/b10-7-,19-16-,26-24-,31-27-,37-34-. The average molecular weight is 895 g/mol. The van der Waals surface area contributed by atoms with Crippen LogP contribution in [0.4, 0.5) is 0 Å². The van der Waals surface area contributed by atoms with Gasteiger partial charge in [-0.25, -0.2) is 0 Å². The van der Waals surface area contributed by atoms with Gasteiger partial charge in [0.25, 0.3) is 0 Å². The summed E-state index contributed by atoms with van der Waals surface area (Å²) in [6.45, 7) is 6.51. The van der Waals surface area contributed by atoms with Crippen LogP contribution in [-0.2, 0) is 28.6 Å². The van der Waals surface area contributed by atoms with E-state index in [4.69, 9.17) is 14.2 Å². The van der Waals surface area contributed by atoms with E-state index in [-0.39, 0.29) is 31.1 Å². The molecule has 0 bridgehead atoms. The van der Waals surface area contributed by atoms with E-state index in [1.165, 1.54) is 141 Å². The Bertz CT molecular complexity index is 1170. The number of hydrogen-bond acceptors (Lipinski definition) is 6. The first-order valence-corrected chi connectivity index (χ1v) is 27.3. The minimum absolute atomic E-state index is 0.0844. The minimum Gasteiger partial charge on any atom is -0.462 e. The topological polar surface area (TPSA) is 78.9 Å². The molecule has 370 valence electrons. The van der Waals surface area contributed by atoms with Gasteiger partial charge in [0, 0.05) is 19.3 Å². The number of allylic oxidation sites excluding steroid dienone is 10. The van der Waals surface area contributed by atoms with Gasteiger partial charge in [0.2, 0.25) is 0 Å². The Morgan fingerprint density at radius 2 is 0.656 bits per heavy atom. The number of carbonyl (C=O) groups is 3. The van der Waals surface area contributed by atoms with Crippen molar-refractivity contribution in [2.75, 3.05) is 13.2 Å². The molecule has 0 aliphatic rings. The summed E-state index contributed by atoms with van der Waals surface area (Å²) in [5.41, 5.74) is 0. The van der Waals surface area contributed by atoms with Crippen molar-refractivity contribution in [1.82, 2.24) is 0 Å². The fourth-order valence-electron chi connectivity index (χ4n) is 7.68. The molecule has 0 aromatic carbocycles. The molecule has 0 aromatic rings. The summed E-state index contributed by atoms with van der Waals surface area (Å²) in [6, 6.07) is 0. The van der Waals surface area contributed by atoms with Crippen molar-refractivity contribution in [3.63, 3.8) is 0 Å². The number of carbonyl (C=O) groups excluding carboxylic acids is 3. The van der Waals surface area contributed by atoms with Crippen LogP contribution >= 0.6 is 0 Å². The molecular weight excluding hydrogens is 793 g/mol. The fraction of sp³-hybridized carbons (Fsp3) is 0.776. The monoisotopic (exact) mass is 895 g/mol. The lowest BCUT2D eigenvalue weighted by molar-refractivity contribution is -0.167. The van der Waals surface area contributed by atoms with E-state index < -0.39 is 6.10 Å². The molecular formula is C58H102O6. The van der Waals surface area contributed by atoms with Gasteiger partial charge in [-0.15, -0.1) is 0 Å². The maximum absolute atomic E-state index is 12.8. The summed E-state index contributed by atoms with van der Waals surface area (Å²) >= 11 is 0. The van der Waals surface area contributed by atoms with Crippen molar-refractivity contribution in [3.8, 4) is 0 Å². The fourth-order valence-corrected chi connectivity index (χ4v) is 7.68. The molecule has 0 fully saturated rings. The molecule has 0 saturated heterocycles. The summed E-state index contributed by atoms with van der Waals surface area (Å²) in [6.07, 6.45) is 64.9. The van der Waals surface area contributed by atoms with Crippen molar-refractivity contribution in [3.05, 3.63) is 60.8 Å². The summed E-state index contributed by atoms with van der Waals surface area (Å²) in [5.74, 6) is -0.910. The first kappa shape index (κ1) is 61.1. The molecule has 64 heavy (non-hydrogen) atoms. The highest BCUT2D eigenvalue weighted by Gasteiger charge is 2.19. The molecule has 6 nitrogen and oxygen atoms in total. The molecule has 0 aliphatic carbocycles. The van der Waals surface area contributed by atoms with Gasteiger partial charge in [0.15, 0.2) is 6.10 Å². The highest BCUT2D eigenvalue weighted by molar-refractivity contribution is 5.71. The maximum Gasteiger partial charge on any atom is 0.306 e. The predicted octanol–water partition coefficient (Wildman–Crippen LogP) is 18.0. The summed E-state index contributed by atoms with van der Waals surface area (Å²) in [4.78, 5) is 38.0. The van der Waals surface area contributed by atoms with Crippen LogP contribution in [0, 0.1) is 0 Å². The van der Waals surface area contributed by atoms with Gasteiger partial charge in [0.1, 0.15) is 13.2 Å². The zero-order chi connectivity index (χ0) is 46.5. The number of unbranched alkanes of at least 4 members (excludes halogenated alkanes) is 29. The molecule has 0 radical (unpaired) electrons. The number of rotatable bonds is 49. The number of ether oxygens (including phenoxy) is 3. The zero-order valence-corrected chi connectivity index (χ0v) is 42.3. The molecule has 0 aromatic heterocycles. The van der Waals surface area contributed by atoms with E-state index in [0.717, 1.165) is 89.9 Å².